The van der Waals surface area contributed by atoms with Gasteiger partial charge in [0.15, 0.2) is 0 Å². The van der Waals surface area contributed by atoms with E-state index in [1.54, 1.807) is 0 Å². The first-order chi connectivity index (χ1) is 8.76. The Labute approximate surface area is 117 Å². The van der Waals surface area contributed by atoms with Crippen LogP contribution in [0.15, 0.2) is 24.3 Å². The first kappa shape index (κ1) is 13.6. The van der Waals surface area contributed by atoms with E-state index >= 15 is 0 Å². The predicted molar refractivity (Wildman–Crippen MR) is 80.0 cm³/mol. The first-order valence-corrected chi connectivity index (χ1v) is 7.58. The molecule has 0 bridgehead atoms. The summed E-state index contributed by atoms with van der Waals surface area (Å²) in [5, 5.41) is 10.5. The number of aryl methyl sites for hydroxylation is 1. The maximum absolute atomic E-state index is 4.60. The topological polar surface area (TPSA) is 29.9 Å². The Morgan fingerprint density at radius 2 is 2.17 bits per heavy atom. The molecule has 1 unspecified atom stereocenters. The molecule has 0 fully saturated rings. The first-order valence-electron chi connectivity index (χ1n) is 6.46. The van der Waals surface area contributed by atoms with Crippen molar-refractivity contribution >= 4 is 26.8 Å². The molecule has 0 aliphatic rings. The van der Waals surface area contributed by atoms with Crippen molar-refractivity contribution in [3.63, 3.8) is 0 Å². The normalized spacial score (nSPS) is 13.1. The number of halogens is 1. The van der Waals surface area contributed by atoms with E-state index in [-0.39, 0.29) is 0 Å². The summed E-state index contributed by atoms with van der Waals surface area (Å²) in [7, 11) is 2.00. The summed E-state index contributed by atoms with van der Waals surface area (Å²) >= 11 is 3.50. The van der Waals surface area contributed by atoms with Crippen molar-refractivity contribution in [3.8, 4) is 0 Å². The van der Waals surface area contributed by atoms with E-state index in [0.29, 0.717) is 6.04 Å². The molecule has 0 aliphatic carbocycles. The van der Waals surface area contributed by atoms with Gasteiger partial charge in [0.05, 0.1) is 11.2 Å². The Morgan fingerprint density at radius 3 is 2.89 bits per heavy atom. The molecule has 0 saturated carbocycles. The Bertz CT molecular complexity index is 507. The van der Waals surface area contributed by atoms with Gasteiger partial charge in [-0.25, -0.2) is 0 Å². The van der Waals surface area contributed by atoms with Gasteiger partial charge in [0.2, 0.25) is 0 Å². The number of nitrogens with zero attached hydrogens (tertiary/aromatic N) is 2. The van der Waals surface area contributed by atoms with E-state index in [1.807, 2.05) is 11.7 Å². The molecule has 0 amide bonds. The molecule has 18 heavy (non-hydrogen) atoms. The summed E-state index contributed by atoms with van der Waals surface area (Å²) in [6, 6.07) is 8.95. The van der Waals surface area contributed by atoms with Gasteiger partial charge in [-0.05, 0) is 18.9 Å². The molecule has 0 spiro atoms. The monoisotopic (exact) mass is 309 g/mol. The maximum atomic E-state index is 4.60. The Balaban J connectivity index is 2.12. The number of para-hydroxylation sites is 1. The van der Waals surface area contributed by atoms with Crippen LogP contribution in [-0.4, -0.2) is 21.2 Å². The molecule has 1 aromatic heterocycles. The standard InChI is InChI=1S/C14H20BrN3/c1-3-11(8-9-15)16-10-13-12-6-4-5-7-14(12)18(2)17-13/h4-7,11,16H,3,8-10H2,1-2H3. The predicted octanol–water partition coefficient (Wildman–Crippen LogP) is 3.23. The number of fused-ring (bicyclic) bond motifs is 1. The molecule has 4 heteroatoms. The molecular weight excluding hydrogens is 290 g/mol. The Kier molecular flexibility index (Phi) is 4.78. The minimum absolute atomic E-state index is 0.560. The number of nitrogens with one attached hydrogen (secondary N) is 1. The second-order valence-corrected chi connectivity index (χ2v) is 5.34. The fourth-order valence-electron chi connectivity index (χ4n) is 2.24. The maximum Gasteiger partial charge on any atom is 0.0841 e. The van der Waals surface area contributed by atoms with Crippen LogP contribution < -0.4 is 5.32 Å². The lowest BCUT2D eigenvalue weighted by atomic mass is 10.1. The van der Waals surface area contributed by atoms with Crippen molar-refractivity contribution in [2.24, 2.45) is 7.05 Å². The molecule has 0 aliphatic heterocycles. The molecule has 1 N–H and O–H groups in total. The molecule has 1 aromatic carbocycles. The van der Waals surface area contributed by atoms with Gasteiger partial charge < -0.3 is 5.32 Å². The van der Waals surface area contributed by atoms with Crippen LogP contribution in [-0.2, 0) is 13.6 Å². The molecule has 0 radical (unpaired) electrons. The third-order valence-electron chi connectivity index (χ3n) is 3.34. The number of aromatic nitrogens is 2. The van der Waals surface area contributed by atoms with Gasteiger partial charge in [-0.15, -0.1) is 0 Å². The highest BCUT2D eigenvalue weighted by molar-refractivity contribution is 9.09. The second kappa shape index (κ2) is 6.34. The van der Waals surface area contributed by atoms with Crippen LogP contribution >= 0.6 is 15.9 Å². The second-order valence-electron chi connectivity index (χ2n) is 4.55. The lowest BCUT2D eigenvalue weighted by Gasteiger charge is -2.14. The van der Waals surface area contributed by atoms with Crippen molar-refractivity contribution in [2.75, 3.05) is 5.33 Å². The van der Waals surface area contributed by atoms with Crippen LogP contribution in [0.3, 0.4) is 0 Å². The number of alkyl halides is 1. The van der Waals surface area contributed by atoms with E-state index in [1.165, 1.54) is 10.9 Å². The summed E-state index contributed by atoms with van der Waals surface area (Å²) in [6.45, 7) is 3.06. The summed E-state index contributed by atoms with van der Waals surface area (Å²) in [5.74, 6) is 0. The van der Waals surface area contributed by atoms with E-state index in [0.717, 1.165) is 30.4 Å². The summed E-state index contributed by atoms with van der Waals surface area (Å²) in [5.41, 5.74) is 2.34. The van der Waals surface area contributed by atoms with Crippen molar-refractivity contribution in [2.45, 2.75) is 32.4 Å². The van der Waals surface area contributed by atoms with Crippen LogP contribution in [0.25, 0.3) is 10.9 Å². The molecular formula is C14H20BrN3. The van der Waals surface area contributed by atoms with Gasteiger partial charge >= 0.3 is 0 Å². The molecule has 98 valence electrons. The molecule has 3 nitrogen and oxygen atoms in total. The van der Waals surface area contributed by atoms with Crippen LogP contribution in [0, 0.1) is 0 Å². The number of benzene rings is 1. The summed E-state index contributed by atoms with van der Waals surface area (Å²) < 4.78 is 1.96. The lowest BCUT2D eigenvalue weighted by Crippen LogP contribution is -2.28. The molecule has 1 atom stereocenters. The highest BCUT2D eigenvalue weighted by atomic mass is 79.9. The van der Waals surface area contributed by atoms with Gasteiger partial charge in [-0.1, -0.05) is 41.1 Å². The highest BCUT2D eigenvalue weighted by Gasteiger charge is 2.10. The SMILES string of the molecule is CCC(CCBr)NCc1nn(C)c2ccccc12. The number of rotatable bonds is 6. The van der Waals surface area contributed by atoms with Crippen molar-refractivity contribution < 1.29 is 0 Å². The minimum atomic E-state index is 0.560. The Hall–Kier alpha value is -0.870. The molecule has 0 saturated heterocycles. The van der Waals surface area contributed by atoms with Gasteiger partial charge in [0, 0.05) is 30.4 Å². The van der Waals surface area contributed by atoms with Gasteiger partial charge in [0.1, 0.15) is 0 Å². The van der Waals surface area contributed by atoms with E-state index < -0.39 is 0 Å². The molecule has 1 heterocycles. The number of hydrogen-bond donors (Lipinski definition) is 1. The largest absolute Gasteiger partial charge is 0.308 e. The summed E-state index contributed by atoms with van der Waals surface area (Å²) in [6.07, 6.45) is 2.30. The van der Waals surface area contributed by atoms with Crippen LogP contribution in [0.1, 0.15) is 25.5 Å². The van der Waals surface area contributed by atoms with Crippen molar-refractivity contribution in [3.05, 3.63) is 30.0 Å². The highest BCUT2D eigenvalue weighted by Crippen LogP contribution is 2.17. The summed E-state index contributed by atoms with van der Waals surface area (Å²) in [4.78, 5) is 0. The quantitative estimate of drug-likeness (QED) is 0.830. The zero-order valence-electron chi connectivity index (χ0n) is 11.0. The van der Waals surface area contributed by atoms with Crippen LogP contribution in [0.2, 0.25) is 0 Å². The minimum Gasteiger partial charge on any atom is -0.308 e. The van der Waals surface area contributed by atoms with Crippen molar-refractivity contribution in [1.82, 2.24) is 15.1 Å². The van der Waals surface area contributed by atoms with Gasteiger partial charge in [-0.2, -0.15) is 5.10 Å². The molecule has 2 rings (SSSR count). The zero-order chi connectivity index (χ0) is 13.0. The van der Waals surface area contributed by atoms with E-state index in [2.05, 4.69) is 57.5 Å². The fraction of sp³-hybridized carbons (Fsp3) is 0.500. The third-order valence-corrected chi connectivity index (χ3v) is 3.80. The zero-order valence-corrected chi connectivity index (χ0v) is 12.6. The third kappa shape index (κ3) is 2.93. The fourth-order valence-corrected chi connectivity index (χ4v) is 2.80. The average molecular weight is 310 g/mol. The molecule has 2 aromatic rings. The van der Waals surface area contributed by atoms with Crippen LogP contribution in [0.5, 0.6) is 0 Å². The van der Waals surface area contributed by atoms with E-state index in [9.17, 15) is 0 Å². The van der Waals surface area contributed by atoms with Gasteiger partial charge in [0.25, 0.3) is 0 Å². The van der Waals surface area contributed by atoms with Crippen molar-refractivity contribution in [1.29, 1.82) is 0 Å². The average Bonchev–Trinajstić information content (AvgIpc) is 2.72. The van der Waals surface area contributed by atoms with Gasteiger partial charge in [-0.3, -0.25) is 4.68 Å². The van der Waals surface area contributed by atoms with E-state index in [4.69, 9.17) is 0 Å². The Morgan fingerprint density at radius 1 is 1.39 bits per heavy atom. The van der Waals surface area contributed by atoms with Crippen LogP contribution in [0.4, 0.5) is 0 Å². The smallest absolute Gasteiger partial charge is 0.0841 e. The lowest BCUT2D eigenvalue weighted by molar-refractivity contribution is 0.483. The number of hydrogen-bond acceptors (Lipinski definition) is 2.